The molecule has 0 N–H and O–H groups in total. The highest BCUT2D eigenvalue weighted by atomic mass is 35.5. The second-order valence-corrected chi connectivity index (χ2v) is 14.4. The maximum atomic E-state index is 14.1. The number of thiophene rings is 1. The largest absolute Gasteiger partial charge is 0.416 e. The smallest absolute Gasteiger partial charge is 0.335 e. The van der Waals surface area contributed by atoms with Crippen LogP contribution < -0.4 is 5.56 Å². The fourth-order valence-corrected chi connectivity index (χ4v) is 7.36. The summed E-state index contributed by atoms with van der Waals surface area (Å²) in [6, 6.07) is 24.2. The second kappa shape index (κ2) is 18.0. The van der Waals surface area contributed by atoms with Gasteiger partial charge in [0.2, 0.25) is 5.91 Å². The van der Waals surface area contributed by atoms with Gasteiger partial charge in [-0.15, -0.1) is 11.3 Å². The number of halogens is 4. The third-order valence-corrected chi connectivity index (χ3v) is 10.7. The first-order valence-electron chi connectivity index (χ1n) is 16.7. The summed E-state index contributed by atoms with van der Waals surface area (Å²) < 4.78 is 41.4. The fraction of sp³-hybridized carbons (Fsp3) is 0.316. The van der Waals surface area contributed by atoms with Crippen LogP contribution in [0.1, 0.15) is 41.8 Å². The van der Waals surface area contributed by atoms with Gasteiger partial charge in [-0.25, -0.2) is 4.68 Å². The van der Waals surface area contributed by atoms with Crippen molar-refractivity contribution in [3.05, 3.63) is 133 Å². The van der Waals surface area contributed by atoms with Gasteiger partial charge in [-0.2, -0.15) is 23.3 Å². The third kappa shape index (κ3) is 11.0. The van der Waals surface area contributed by atoms with Crippen LogP contribution in [0.5, 0.6) is 0 Å². The average molecular weight is 754 g/mol. The monoisotopic (exact) mass is 753 g/mol. The molecule has 5 aromatic rings. The van der Waals surface area contributed by atoms with E-state index in [9.17, 15) is 22.8 Å². The second-order valence-electron chi connectivity index (χ2n) is 12.0. The molecule has 0 saturated heterocycles. The van der Waals surface area contributed by atoms with Crippen LogP contribution in [0.25, 0.3) is 11.1 Å². The normalized spacial score (nSPS) is 11.7. The molecule has 1 amide bonds. The molecule has 51 heavy (non-hydrogen) atoms. The molecular formula is C38H39ClF3N5O2S2. The van der Waals surface area contributed by atoms with E-state index in [1.807, 2.05) is 66.0 Å². The predicted molar refractivity (Wildman–Crippen MR) is 199 cm³/mol. The van der Waals surface area contributed by atoms with Crippen LogP contribution in [0, 0.1) is 0 Å². The Kier molecular flexibility index (Phi) is 13.5. The highest BCUT2D eigenvalue weighted by Gasteiger charge is 2.30. The van der Waals surface area contributed by atoms with Crippen molar-refractivity contribution in [2.75, 3.05) is 26.2 Å². The Morgan fingerprint density at radius 3 is 2.16 bits per heavy atom. The number of carbonyl (C=O) groups is 1. The molecule has 13 heteroatoms. The van der Waals surface area contributed by atoms with Crippen LogP contribution in [-0.4, -0.2) is 56.7 Å². The van der Waals surface area contributed by atoms with Crippen LogP contribution in [-0.2, 0) is 42.7 Å². The molecule has 5 rings (SSSR count). The average Bonchev–Trinajstić information content (AvgIpc) is 3.55. The van der Waals surface area contributed by atoms with Crippen molar-refractivity contribution in [1.82, 2.24) is 24.6 Å². The molecule has 0 spiro atoms. The molecule has 7 nitrogen and oxygen atoms in total. The highest BCUT2D eigenvalue weighted by Crippen LogP contribution is 2.31. The van der Waals surface area contributed by atoms with E-state index in [2.05, 4.69) is 23.7 Å². The Labute approximate surface area is 309 Å². The summed E-state index contributed by atoms with van der Waals surface area (Å²) in [6.45, 7) is 7.16. The molecule has 0 radical (unpaired) electrons. The number of alkyl halides is 3. The van der Waals surface area contributed by atoms with E-state index in [0.29, 0.717) is 59.0 Å². The zero-order valence-electron chi connectivity index (χ0n) is 28.4. The Hall–Kier alpha value is -3.97. The van der Waals surface area contributed by atoms with Gasteiger partial charge in [0, 0.05) is 31.8 Å². The molecular weight excluding hydrogens is 715 g/mol. The molecule has 0 aliphatic carbocycles. The maximum absolute atomic E-state index is 14.1. The van der Waals surface area contributed by atoms with Gasteiger partial charge in [0.05, 0.1) is 9.90 Å². The molecule has 0 unspecified atom stereocenters. The molecule has 0 atom stereocenters. The van der Waals surface area contributed by atoms with Gasteiger partial charge in [0.15, 0.2) is 5.16 Å². The summed E-state index contributed by atoms with van der Waals surface area (Å²) >= 11 is 8.90. The number of hydrogen-bond donors (Lipinski definition) is 0. The molecule has 0 saturated carbocycles. The quantitative estimate of drug-likeness (QED) is 0.0942. The van der Waals surface area contributed by atoms with Gasteiger partial charge in [-0.1, -0.05) is 104 Å². The van der Waals surface area contributed by atoms with Gasteiger partial charge < -0.3 is 9.80 Å². The number of amides is 1. The number of nitrogens with zero attached hydrogens (tertiary/aromatic N) is 5. The van der Waals surface area contributed by atoms with Gasteiger partial charge in [-0.3, -0.25) is 9.59 Å². The van der Waals surface area contributed by atoms with Crippen molar-refractivity contribution in [3.63, 3.8) is 0 Å². The van der Waals surface area contributed by atoms with Crippen molar-refractivity contribution in [3.8, 4) is 11.1 Å². The van der Waals surface area contributed by atoms with E-state index in [1.165, 1.54) is 35.2 Å². The maximum Gasteiger partial charge on any atom is 0.416 e. The minimum absolute atomic E-state index is 0.111. The van der Waals surface area contributed by atoms with Crippen molar-refractivity contribution in [2.24, 2.45) is 0 Å². The van der Waals surface area contributed by atoms with Crippen molar-refractivity contribution >= 4 is 40.6 Å². The summed E-state index contributed by atoms with van der Waals surface area (Å²) in [6.07, 6.45) is -3.41. The van der Waals surface area contributed by atoms with Crippen molar-refractivity contribution in [1.29, 1.82) is 0 Å². The predicted octanol–water partition coefficient (Wildman–Crippen LogP) is 8.49. The van der Waals surface area contributed by atoms with Gasteiger partial charge in [-0.05, 0) is 70.9 Å². The van der Waals surface area contributed by atoms with E-state index < -0.39 is 17.3 Å². The first-order valence-corrected chi connectivity index (χ1v) is 18.9. The van der Waals surface area contributed by atoms with Gasteiger partial charge >= 0.3 is 6.18 Å². The Morgan fingerprint density at radius 1 is 0.882 bits per heavy atom. The summed E-state index contributed by atoms with van der Waals surface area (Å²) in [5, 5.41) is 6.99. The lowest BCUT2D eigenvalue weighted by atomic mass is 10.0. The molecule has 0 fully saturated rings. The third-order valence-electron chi connectivity index (χ3n) is 8.48. The number of aromatic nitrogens is 3. The summed E-state index contributed by atoms with van der Waals surface area (Å²) in [5.74, 6) is 0.327. The number of thioether (sulfide) groups is 1. The lowest BCUT2D eigenvalue weighted by Crippen LogP contribution is -2.40. The number of aryl methyl sites for hydroxylation is 2. The van der Waals surface area contributed by atoms with Crippen LogP contribution in [0.15, 0.2) is 100 Å². The van der Waals surface area contributed by atoms with E-state index in [-0.39, 0.29) is 12.5 Å². The SMILES string of the molecule is CCN(CC)CCN(Cc1ccc(-c2ccc(C(F)(F)F)cc2)cc1)C(=O)Cn1nc(CCc2ccccc2)c(=O)nc1SCc1csc(Cl)c1. The van der Waals surface area contributed by atoms with E-state index >= 15 is 0 Å². The van der Waals surface area contributed by atoms with Crippen LogP contribution in [0.2, 0.25) is 4.34 Å². The Bertz CT molecular complexity index is 1930. The number of benzene rings is 3. The van der Waals surface area contributed by atoms with Crippen LogP contribution >= 0.6 is 34.7 Å². The van der Waals surface area contributed by atoms with Crippen LogP contribution in [0.3, 0.4) is 0 Å². The summed E-state index contributed by atoms with van der Waals surface area (Å²) in [7, 11) is 0. The lowest BCUT2D eigenvalue weighted by Gasteiger charge is -2.27. The molecule has 0 aliphatic heterocycles. The minimum Gasteiger partial charge on any atom is -0.335 e. The van der Waals surface area contributed by atoms with Crippen LogP contribution in [0.4, 0.5) is 13.2 Å². The molecule has 0 aliphatic rings. The molecule has 2 aromatic heterocycles. The zero-order chi connectivity index (χ0) is 36.4. The Balaban J connectivity index is 1.38. The van der Waals surface area contributed by atoms with Gasteiger partial charge in [0.1, 0.15) is 12.2 Å². The number of hydrogen-bond acceptors (Lipinski definition) is 7. The molecule has 268 valence electrons. The van der Waals surface area contributed by atoms with Crippen molar-refractivity contribution in [2.45, 2.75) is 56.9 Å². The standard InChI is InChI=1S/C38H39ClF3N5O2S2/c1-3-45(4-2)20-21-46(23-28-10-13-30(14-11-28)31-15-17-32(18-16-31)38(40,41)42)35(48)24-47-37(51-26-29-22-34(39)50-25-29)43-36(49)33(44-47)19-12-27-8-6-5-7-9-27/h5-11,13-18,22,25H,3-4,12,19-21,23-24,26H2,1-2H3. The number of rotatable bonds is 16. The van der Waals surface area contributed by atoms with E-state index in [4.69, 9.17) is 16.7 Å². The summed E-state index contributed by atoms with van der Waals surface area (Å²) in [4.78, 5) is 35.7. The summed E-state index contributed by atoms with van der Waals surface area (Å²) in [5.41, 5.74) is 3.55. The first-order chi connectivity index (χ1) is 24.5. The van der Waals surface area contributed by atoms with E-state index in [1.54, 1.807) is 9.58 Å². The number of carbonyl (C=O) groups excluding carboxylic acids is 1. The molecule has 3 aromatic carbocycles. The highest BCUT2D eigenvalue weighted by molar-refractivity contribution is 7.98. The minimum atomic E-state index is -4.40. The fourth-order valence-electron chi connectivity index (χ4n) is 5.48. The lowest BCUT2D eigenvalue weighted by molar-refractivity contribution is -0.137. The molecule has 2 heterocycles. The topological polar surface area (TPSA) is 71.3 Å². The van der Waals surface area contributed by atoms with Crippen molar-refractivity contribution < 1.29 is 18.0 Å². The first kappa shape index (κ1) is 38.3. The van der Waals surface area contributed by atoms with Gasteiger partial charge in [0.25, 0.3) is 5.56 Å². The number of likely N-dealkylation sites (N-methyl/N-ethyl adjacent to an activating group) is 1. The Morgan fingerprint density at radius 2 is 1.55 bits per heavy atom. The molecule has 0 bridgehead atoms. The zero-order valence-corrected chi connectivity index (χ0v) is 30.8. The van der Waals surface area contributed by atoms with E-state index in [0.717, 1.165) is 47.5 Å².